The minimum Gasteiger partial charge on any atom is -0.312 e. The van der Waals surface area contributed by atoms with Gasteiger partial charge in [0.2, 0.25) is 4.77 Å². The summed E-state index contributed by atoms with van der Waals surface area (Å²) in [5.41, 5.74) is 3.38. The predicted octanol–water partition coefficient (Wildman–Crippen LogP) is 3.15. The van der Waals surface area contributed by atoms with Crippen LogP contribution in [0.3, 0.4) is 0 Å². The Balaban J connectivity index is 1.48. The molecule has 1 N–H and O–H groups in total. The predicted molar refractivity (Wildman–Crippen MR) is 104 cm³/mol. The lowest BCUT2D eigenvalue weighted by Gasteiger charge is -2.25. The summed E-state index contributed by atoms with van der Waals surface area (Å²) in [5, 5.41) is 4.77. The number of aromatic nitrogens is 3. The summed E-state index contributed by atoms with van der Waals surface area (Å²) in [5.74, 6) is 0.420. The molecule has 1 fully saturated rings. The Hall–Kier alpha value is -2.31. The molecule has 1 aliphatic heterocycles. The van der Waals surface area contributed by atoms with Crippen LogP contribution in [0.25, 0.3) is 11.4 Å². The highest BCUT2D eigenvalue weighted by molar-refractivity contribution is 7.71. The smallest absolute Gasteiger partial charge is 0.203 e. The highest BCUT2D eigenvalue weighted by Crippen LogP contribution is 2.38. The Bertz CT molecular complexity index is 1050. The van der Waals surface area contributed by atoms with Crippen LogP contribution in [0, 0.1) is 10.6 Å². The summed E-state index contributed by atoms with van der Waals surface area (Å²) in [7, 11) is 0. The van der Waals surface area contributed by atoms with Gasteiger partial charge in [-0.2, -0.15) is 4.68 Å². The summed E-state index contributed by atoms with van der Waals surface area (Å²) in [6.45, 7) is 2.75. The van der Waals surface area contributed by atoms with E-state index < -0.39 is 0 Å². The first kappa shape index (κ1) is 16.8. The molecule has 6 heteroatoms. The van der Waals surface area contributed by atoms with Gasteiger partial charge in [-0.1, -0.05) is 36.4 Å². The van der Waals surface area contributed by atoms with Crippen molar-refractivity contribution in [1.29, 1.82) is 0 Å². The zero-order chi connectivity index (χ0) is 18.4. The number of halogens is 1. The van der Waals surface area contributed by atoms with E-state index in [-0.39, 0.29) is 5.82 Å². The fraction of sp³-hybridized carbons (Fsp3) is 0.333. The second kappa shape index (κ2) is 6.69. The van der Waals surface area contributed by atoms with Gasteiger partial charge in [-0.05, 0) is 42.8 Å². The highest BCUT2D eigenvalue weighted by Gasteiger charge is 2.30. The molecule has 1 unspecified atom stereocenters. The maximum atomic E-state index is 14.4. The number of nitrogens with one attached hydrogen (secondary N) is 1. The van der Waals surface area contributed by atoms with E-state index in [1.54, 1.807) is 12.1 Å². The van der Waals surface area contributed by atoms with Gasteiger partial charge in [0.05, 0.1) is 12.1 Å². The number of nitrogens with zero attached hydrogens (tertiary/aromatic N) is 3. The zero-order valence-corrected chi connectivity index (χ0v) is 15.9. The Morgan fingerprint density at radius 1 is 1.07 bits per heavy atom. The lowest BCUT2D eigenvalue weighted by Crippen LogP contribution is -3.11. The third-order valence-corrected chi connectivity index (χ3v) is 5.98. The minimum absolute atomic E-state index is 0.245. The van der Waals surface area contributed by atoms with Crippen molar-refractivity contribution < 1.29 is 9.29 Å². The quantitative estimate of drug-likeness (QED) is 0.703. The molecule has 1 aromatic heterocycles. The molecule has 3 aromatic rings. The molecule has 2 heterocycles. The van der Waals surface area contributed by atoms with Gasteiger partial charge in [0.1, 0.15) is 12.4 Å². The molecule has 1 atom stereocenters. The van der Waals surface area contributed by atoms with Crippen molar-refractivity contribution in [2.24, 2.45) is 0 Å². The number of hydrogen-bond acceptors (Lipinski definition) is 2. The summed E-state index contributed by atoms with van der Waals surface area (Å²) < 4.78 is 19.1. The van der Waals surface area contributed by atoms with Crippen LogP contribution in [0.5, 0.6) is 0 Å². The summed E-state index contributed by atoms with van der Waals surface area (Å²) in [6, 6.07) is 15.8. The molecule has 1 saturated carbocycles. The third kappa shape index (κ3) is 3.13. The fourth-order valence-corrected chi connectivity index (χ4v) is 4.34. The van der Waals surface area contributed by atoms with Crippen molar-refractivity contribution in [2.75, 3.05) is 6.54 Å². The van der Waals surface area contributed by atoms with Crippen LogP contribution in [0.15, 0.2) is 48.5 Å². The van der Waals surface area contributed by atoms with Crippen LogP contribution < -0.4 is 4.90 Å². The van der Waals surface area contributed by atoms with Gasteiger partial charge in [0.15, 0.2) is 12.5 Å². The average molecular weight is 382 g/mol. The van der Waals surface area contributed by atoms with Crippen molar-refractivity contribution in [3.8, 4) is 11.4 Å². The van der Waals surface area contributed by atoms with E-state index in [1.165, 1.54) is 22.1 Å². The Morgan fingerprint density at radius 2 is 1.81 bits per heavy atom. The highest BCUT2D eigenvalue weighted by atomic mass is 32.1. The first-order valence-corrected chi connectivity index (χ1v) is 9.96. The number of fused-ring (bicyclic) bond motifs is 1. The zero-order valence-electron chi connectivity index (χ0n) is 15.1. The standard InChI is InChI=1S/C21H21FN4S/c22-19-8-4-3-7-18(19)20-23-25(21(27)26(20)17-9-10-17)14-24-12-11-15-5-1-2-6-16(15)13-24/h1-8,17H,9-14H2/p+1. The molecular formula is C21H22FN4S+. The normalized spacial score (nSPS) is 19.1. The molecule has 1 aliphatic carbocycles. The van der Waals surface area contributed by atoms with Gasteiger partial charge in [0.25, 0.3) is 0 Å². The van der Waals surface area contributed by atoms with Crippen molar-refractivity contribution in [3.63, 3.8) is 0 Å². The molecule has 4 nitrogen and oxygen atoms in total. The third-order valence-electron chi connectivity index (χ3n) is 5.58. The van der Waals surface area contributed by atoms with Crippen molar-refractivity contribution >= 4 is 12.2 Å². The van der Waals surface area contributed by atoms with Crippen molar-refractivity contribution in [3.05, 3.63) is 70.2 Å². The molecule has 0 spiro atoms. The monoisotopic (exact) mass is 381 g/mol. The second-order valence-corrected chi connectivity index (χ2v) is 7.91. The minimum atomic E-state index is -0.245. The maximum absolute atomic E-state index is 14.4. The molecule has 0 saturated heterocycles. The number of benzene rings is 2. The molecule has 5 rings (SSSR count). The Kier molecular flexibility index (Phi) is 4.17. The van der Waals surface area contributed by atoms with Crippen LogP contribution in [0.1, 0.15) is 30.0 Å². The van der Waals surface area contributed by atoms with Crippen molar-refractivity contribution in [1.82, 2.24) is 14.3 Å². The molecular weight excluding hydrogens is 359 g/mol. The van der Waals surface area contributed by atoms with E-state index in [9.17, 15) is 4.39 Å². The Morgan fingerprint density at radius 3 is 2.59 bits per heavy atom. The molecule has 138 valence electrons. The molecule has 2 aromatic carbocycles. The van der Waals surface area contributed by atoms with E-state index in [0.29, 0.717) is 28.9 Å². The summed E-state index contributed by atoms with van der Waals surface area (Å²) in [4.78, 5) is 1.44. The molecule has 0 bridgehead atoms. The number of rotatable bonds is 4. The van der Waals surface area contributed by atoms with E-state index >= 15 is 0 Å². The van der Waals surface area contributed by atoms with Crippen LogP contribution in [0.2, 0.25) is 0 Å². The second-order valence-electron chi connectivity index (χ2n) is 7.54. The van der Waals surface area contributed by atoms with E-state index in [0.717, 1.165) is 32.4 Å². The van der Waals surface area contributed by atoms with Crippen LogP contribution in [-0.2, 0) is 19.6 Å². The molecule has 27 heavy (non-hydrogen) atoms. The van der Waals surface area contributed by atoms with Gasteiger partial charge in [-0.15, -0.1) is 5.10 Å². The maximum Gasteiger partial charge on any atom is 0.203 e. The van der Waals surface area contributed by atoms with E-state index in [2.05, 4.69) is 28.8 Å². The number of quaternary nitrogens is 1. The summed E-state index contributed by atoms with van der Waals surface area (Å²) in [6.07, 6.45) is 3.25. The van der Waals surface area contributed by atoms with Gasteiger partial charge < -0.3 is 4.90 Å². The first-order chi connectivity index (χ1) is 13.2. The lowest BCUT2D eigenvalue weighted by molar-refractivity contribution is -0.939. The SMILES string of the molecule is Fc1ccccc1-c1nn(C[NH+]2CCc3ccccc3C2)c(=S)n1C1CC1. The molecule has 0 amide bonds. The van der Waals surface area contributed by atoms with Crippen LogP contribution in [-0.4, -0.2) is 20.9 Å². The van der Waals surface area contributed by atoms with Gasteiger partial charge in [-0.3, -0.25) is 4.57 Å². The largest absolute Gasteiger partial charge is 0.312 e. The Labute approximate surface area is 162 Å². The lowest BCUT2D eigenvalue weighted by atomic mass is 10.0. The molecule has 2 aliphatic rings. The topological polar surface area (TPSA) is 27.2 Å². The van der Waals surface area contributed by atoms with Crippen LogP contribution >= 0.6 is 12.2 Å². The average Bonchev–Trinajstić information content (AvgIpc) is 3.47. The number of hydrogen-bond donors (Lipinski definition) is 1. The van der Waals surface area contributed by atoms with Crippen LogP contribution in [0.4, 0.5) is 4.39 Å². The first-order valence-electron chi connectivity index (χ1n) is 9.55. The van der Waals surface area contributed by atoms with Crippen molar-refractivity contribution in [2.45, 2.75) is 38.5 Å². The van der Waals surface area contributed by atoms with E-state index in [4.69, 9.17) is 17.3 Å². The fourth-order valence-electron chi connectivity index (χ4n) is 4.00. The van der Waals surface area contributed by atoms with Gasteiger partial charge in [0, 0.05) is 18.0 Å². The molecule has 0 radical (unpaired) electrons. The van der Waals surface area contributed by atoms with Gasteiger partial charge in [-0.25, -0.2) is 4.39 Å². The van der Waals surface area contributed by atoms with Gasteiger partial charge >= 0.3 is 0 Å². The van der Waals surface area contributed by atoms with E-state index in [1.807, 2.05) is 10.7 Å². The summed E-state index contributed by atoms with van der Waals surface area (Å²) >= 11 is 5.75.